The van der Waals surface area contributed by atoms with Crippen molar-refractivity contribution in [1.82, 2.24) is 0 Å². The van der Waals surface area contributed by atoms with Gasteiger partial charge in [-0.2, -0.15) is 0 Å². The predicted octanol–water partition coefficient (Wildman–Crippen LogP) is 3.57. The Kier molecular flexibility index (Phi) is 5.18. The van der Waals surface area contributed by atoms with Crippen LogP contribution in [0.15, 0.2) is 48.5 Å². The zero-order valence-electron chi connectivity index (χ0n) is 14.0. The summed E-state index contributed by atoms with van der Waals surface area (Å²) in [5.41, 5.74) is 2.12. The molecule has 1 aliphatic heterocycles. The van der Waals surface area contributed by atoms with E-state index in [1.165, 1.54) is 0 Å². The number of amides is 2. The lowest BCUT2D eigenvalue weighted by molar-refractivity contribution is -0.117. The van der Waals surface area contributed by atoms with E-state index < -0.39 is 6.09 Å². The molecule has 0 unspecified atom stereocenters. The van der Waals surface area contributed by atoms with Crippen molar-refractivity contribution < 1.29 is 19.1 Å². The van der Waals surface area contributed by atoms with E-state index in [4.69, 9.17) is 9.47 Å². The Morgan fingerprint density at radius 1 is 1.20 bits per heavy atom. The highest BCUT2D eigenvalue weighted by Gasteiger charge is 2.24. The summed E-state index contributed by atoms with van der Waals surface area (Å²) in [6, 6.07) is 14.6. The van der Waals surface area contributed by atoms with Crippen LogP contribution in [0.3, 0.4) is 0 Å². The van der Waals surface area contributed by atoms with Crippen LogP contribution in [0.4, 0.5) is 16.2 Å². The fraction of sp³-hybridized carbons (Fsp3) is 0.263. The molecule has 3 rings (SSSR count). The molecular formula is C19H20N2O4. The van der Waals surface area contributed by atoms with Crippen molar-refractivity contribution >= 4 is 23.4 Å². The summed E-state index contributed by atoms with van der Waals surface area (Å²) < 4.78 is 10.5. The molecule has 2 amide bonds. The fourth-order valence-corrected chi connectivity index (χ4v) is 2.76. The number of hydrogen-bond acceptors (Lipinski definition) is 4. The fourth-order valence-electron chi connectivity index (χ4n) is 2.76. The average molecular weight is 340 g/mol. The molecule has 1 heterocycles. The molecule has 0 aromatic heterocycles. The number of ether oxygens (including phenoxy) is 2. The summed E-state index contributed by atoms with van der Waals surface area (Å²) in [6.45, 7) is 0.845. The van der Waals surface area contributed by atoms with Crippen LogP contribution >= 0.6 is 0 Å². The van der Waals surface area contributed by atoms with Gasteiger partial charge in [-0.05, 0) is 30.2 Å². The number of carbonyl (C=O) groups excluding carboxylic acids is 2. The molecule has 0 aliphatic carbocycles. The van der Waals surface area contributed by atoms with Crippen LogP contribution < -0.4 is 15.0 Å². The van der Waals surface area contributed by atoms with Crippen molar-refractivity contribution in [2.45, 2.75) is 19.4 Å². The molecule has 6 nitrogen and oxygen atoms in total. The molecule has 0 atom stereocenters. The van der Waals surface area contributed by atoms with Crippen LogP contribution in [0.2, 0.25) is 0 Å². The number of rotatable bonds is 5. The second kappa shape index (κ2) is 7.70. The maximum absolute atomic E-state index is 12.0. The van der Waals surface area contributed by atoms with Gasteiger partial charge < -0.3 is 14.4 Å². The highest BCUT2D eigenvalue weighted by molar-refractivity contribution is 5.98. The molecule has 2 aromatic rings. The predicted molar refractivity (Wildman–Crippen MR) is 94.8 cm³/mol. The van der Waals surface area contributed by atoms with E-state index in [1.807, 2.05) is 30.3 Å². The van der Waals surface area contributed by atoms with Crippen molar-refractivity contribution in [2.24, 2.45) is 0 Å². The second-order valence-corrected chi connectivity index (χ2v) is 5.72. The topological polar surface area (TPSA) is 67.9 Å². The van der Waals surface area contributed by atoms with Gasteiger partial charge in [0.1, 0.15) is 12.4 Å². The molecule has 1 aliphatic rings. The molecule has 1 saturated heterocycles. The minimum Gasteiger partial charge on any atom is -0.495 e. The molecule has 130 valence electrons. The first kappa shape index (κ1) is 16.8. The molecule has 2 aromatic carbocycles. The van der Waals surface area contributed by atoms with E-state index in [0.29, 0.717) is 30.1 Å². The van der Waals surface area contributed by atoms with Crippen LogP contribution in [0.25, 0.3) is 0 Å². The van der Waals surface area contributed by atoms with E-state index >= 15 is 0 Å². The Morgan fingerprint density at radius 3 is 2.68 bits per heavy atom. The third-order valence-electron chi connectivity index (χ3n) is 4.00. The largest absolute Gasteiger partial charge is 0.495 e. The van der Waals surface area contributed by atoms with Crippen molar-refractivity contribution in [3.63, 3.8) is 0 Å². The molecule has 25 heavy (non-hydrogen) atoms. The summed E-state index contributed by atoms with van der Waals surface area (Å²) in [4.78, 5) is 25.7. The maximum Gasteiger partial charge on any atom is 0.411 e. The van der Waals surface area contributed by atoms with Crippen molar-refractivity contribution in [3.8, 4) is 5.75 Å². The van der Waals surface area contributed by atoms with Gasteiger partial charge in [-0.1, -0.05) is 30.3 Å². The lowest BCUT2D eigenvalue weighted by Gasteiger charge is -2.20. The Hall–Kier alpha value is -3.02. The van der Waals surface area contributed by atoms with Crippen molar-refractivity contribution in [1.29, 1.82) is 0 Å². The molecular weight excluding hydrogens is 320 g/mol. The number of nitrogens with one attached hydrogen (secondary N) is 1. The van der Waals surface area contributed by atoms with E-state index in [-0.39, 0.29) is 12.5 Å². The minimum absolute atomic E-state index is 0.0575. The van der Waals surface area contributed by atoms with Crippen LogP contribution in [-0.4, -0.2) is 25.7 Å². The van der Waals surface area contributed by atoms with Gasteiger partial charge in [0, 0.05) is 18.7 Å². The molecule has 0 saturated carbocycles. The Balaban J connectivity index is 1.67. The van der Waals surface area contributed by atoms with E-state index in [2.05, 4.69) is 5.32 Å². The highest BCUT2D eigenvalue weighted by Crippen LogP contribution is 2.34. The molecule has 0 bridgehead atoms. The van der Waals surface area contributed by atoms with Gasteiger partial charge in [0.05, 0.1) is 12.8 Å². The van der Waals surface area contributed by atoms with Crippen LogP contribution in [0.5, 0.6) is 5.75 Å². The summed E-state index contributed by atoms with van der Waals surface area (Å²) in [7, 11) is 1.56. The highest BCUT2D eigenvalue weighted by atomic mass is 16.5. The number of hydrogen-bond donors (Lipinski definition) is 1. The second-order valence-electron chi connectivity index (χ2n) is 5.72. The molecule has 1 fully saturated rings. The van der Waals surface area contributed by atoms with Crippen LogP contribution in [0.1, 0.15) is 18.4 Å². The smallest absolute Gasteiger partial charge is 0.411 e. The molecule has 1 N–H and O–H groups in total. The quantitative estimate of drug-likeness (QED) is 0.903. The molecule has 0 radical (unpaired) electrons. The average Bonchev–Trinajstić information content (AvgIpc) is 3.06. The van der Waals surface area contributed by atoms with Crippen molar-refractivity contribution in [3.05, 3.63) is 54.1 Å². The Morgan fingerprint density at radius 2 is 2.00 bits per heavy atom. The lowest BCUT2D eigenvalue weighted by Crippen LogP contribution is -2.24. The minimum atomic E-state index is -0.548. The Bertz CT molecular complexity index is 761. The number of benzene rings is 2. The van der Waals surface area contributed by atoms with Gasteiger partial charge in [0.25, 0.3) is 0 Å². The normalized spacial score (nSPS) is 13.6. The van der Waals surface area contributed by atoms with Crippen LogP contribution in [0, 0.1) is 0 Å². The van der Waals surface area contributed by atoms with E-state index in [9.17, 15) is 9.59 Å². The summed E-state index contributed by atoms with van der Waals surface area (Å²) in [5, 5.41) is 2.69. The SMILES string of the molecule is COc1ccc(NC(=O)OCc2ccccc2)cc1N1CCCC1=O. The first-order valence-electron chi connectivity index (χ1n) is 8.13. The maximum atomic E-state index is 12.0. The summed E-state index contributed by atoms with van der Waals surface area (Å²) in [5.74, 6) is 0.653. The Labute approximate surface area is 146 Å². The van der Waals surface area contributed by atoms with E-state index in [0.717, 1.165) is 12.0 Å². The summed E-state index contributed by atoms with van der Waals surface area (Å²) in [6.07, 6.45) is 0.798. The number of carbonyl (C=O) groups is 2. The number of nitrogens with zero attached hydrogens (tertiary/aromatic N) is 1. The standard InChI is InChI=1S/C19H20N2O4/c1-24-17-10-9-15(12-16(17)21-11-5-8-18(21)22)20-19(23)25-13-14-6-3-2-4-7-14/h2-4,6-7,9-10,12H,5,8,11,13H2,1H3,(H,20,23). The van der Waals surface area contributed by atoms with Gasteiger partial charge in [-0.25, -0.2) is 4.79 Å². The number of anilines is 2. The molecule has 6 heteroatoms. The van der Waals surface area contributed by atoms with Gasteiger partial charge in [-0.15, -0.1) is 0 Å². The molecule has 0 spiro atoms. The van der Waals surface area contributed by atoms with Gasteiger partial charge in [-0.3, -0.25) is 10.1 Å². The first-order valence-corrected chi connectivity index (χ1v) is 8.13. The van der Waals surface area contributed by atoms with Gasteiger partial charge in [0.15, 0.2) is 0 Å². The van der Waals surface area contributed by atoms with Gasteiger partial charge in [0.2, 0.25) is 5.91 Å². The van der Waals surface area contributed by atoms with Crippen LogP contribution in [-0.2, 0) is 16.1 Å². The third-order valence-corrected chi connectivity index (χ3v) is 4.00. The van der Waals surface area contributed by atoms with E-state index in [1.54, 1.807) is 30.2 Å². The zero-order valence-corrected chi connectivity index (χ0v) is 14.0. The van der Waals surface area contributed by atoms with Crippen molar-refractivity contribution in [2.75, 3.05) is 23.9 Å². The lowest BCUT2D eigenvalue weighted by atomic mass is 10.2. The summed E-state index contributed by atoms with van der Waals surface area (Å²) >= 11 is 0. The zero-order chi connectivity index (χ0) is 17.6. The first-order chi connectivity index (χ1) is 12.2. The monoisotopic (exact) mass is 340 g/mol. The van der Waals surface area contributed by atoms with Gasteiger partial charge >= 0.3 is 6.09 Å². The number of methoxy groups -OCH3 is 1. The third kappa shape index (κ3) is 4.09.